The molecule has 1 aliphatic rings. The third-order valence-electron chi connectivity index (χ3n) is 3.10. The summed E-state index contributed by atoms with van der Waals surface area (Å²) < 4.78 is 5.33. The zero-order valence-electron chi connectivity index (χ0n) is 13.9. The van der Waals surface area contributed by atoms with Crippen LogP contribution in [-0.4, -0.2) is 58.7 Å². The van der Waals surface area contributed by atoms with E-state index in [0.717, 1.165) is 0 Å². The van der Waals surface area contributed by atoms with Crippen molar-refractivity contribution in [3.8, 4) is 0 Å². The van der Waals surface area contributed by atoms with Gasteiger partial charge in [0.15, 0.2) is 0 Å². The Morgan fingerprint density at radius 3 is 2.17 bits per heavy atom. The molecule has 0 aromatic carbocycles. The fourth-order valence-corrected chi connectivity index (χ4v) is 2.03. The zero-order valence-corrected chi connectivity index (χ0v) is 13.9. The summed E-state index contributed by atoms with van der Waals surface area (Å²) in [6.45, 7) is 7.68. The molecule has 0 radical (unpaired) electrons. The number of carbonyl (C=O) groups excluding carboxylic acids is 2. The molecule has 1 amide bonds. The van der Waals surface area contributed by atoms with Gasteiger partial charge in [0.2, 0.25) is 0 Å². The van der Waals surface area contributed by atoms with Gasteiger partial charge in [-0.3, -0.25) is 0 Å². The fraction of sp³-hybridized carbons (Fsp3) is 0.571. The number of carboxylic acid groups (broad SMARTS) is 1. The molecule has 1 saturated heterocycles. The molecule has 0 unspecified atom stereocenters. The second kappa shape index (κ2) is 7.66. The Hall–Kier alpha value is -1.78. The number of hydrogen-bond donors (Lipinski definition) is 0. The van der Waals surface area contributed by atoms with Gasteiger partial charge in [0.05, 0.1) is 18.4 Å². The smallest absolute Gasteiger partial charge is 0.543 e. The number of carboxylic acids is 1. The third-order valence-corrected chi connectivity index (χ3v) is 3.10. The van der Waals surface area contributed by atoms with E-state index in [4.69, 9.17) is 4.74 Å². The van der Waals surface area contributed by atoms with Crippen LogP contribution >= 0.6 is 0 Å². The minimum atomic E-state index is -1.35. The Balaban J connectivity index is 0.00000264. The quantitative estimate of drug-likeness (QED) is 0.533. The van der Waals surface area contributed by atoms with Gasteiger partial charge >= 0.3 is 25.0 Å². The summed E-state index contributed by atoms with van der Waals surface area (Å²) in [5, 5.41) is 10.6. The molecule has 120 valence electrons. The van der Waals surface area contributed by atoms with Crippen molar-refractivity contribution < 1.29 is 38.3 Å². The first-order valence-corrected chi connectivity index (χ1v) is 7.02. The summed E-state index contributed by atoms with van der Waals surface area (Å²) in [5.74, 6) is -0.775. The first-order valence-electron chi connectivity index (χ1n) is 7.02. The van der Waals surface area contributed by atoms with E-state index in [1.54, 1.807) is 4.90 Å². The van der Waals surface area contributed by atoms with Gasteiger partial charge in [0, 0.05) is 26.2 Å². The molecule has 2 heterocycles. The maximum Gasteiger partial charge on any atom is 1.00 e. The van der Waals surface area contributed by atoms with Crippen LogP contribution in [0.2, 0.25) is 0 Å². The number of anilines is 1. The summed E-state index contributed by atoms with van der Waals surface area (Å²) in [7, 11) is 0. The van der Waals surface area contributed by atoms with Crippen molar-refractivity contribution in [2.45, 2.75) is 26.4 Å². The van der Waals surface area contributed by atoms with Gasteiger partial charge in [-0.1, -0.05) is 0 Å². The van der Waals surface area contributed by atoms with Crippen molar-refractivity contribution >= 4 is 17.9 Å². The largest absolute Gasteiger partial charge is 1.00 e. The van der Waals surface area contributed by atoms with Crippen molar-refractivity contribution in [2.24, 2.45) is 0 Å². The van der Waals surface area contributed by atoms with Crippen LogP contribution in [0.4, 0.5) is 10.6 Å². The van der Waals surface area contributed by atoms with Crippen LogP contribution in [0, 0.1) is 0 Å². The Kier molecular flexibility index (Phi) is 6.42. The molecule has 1 fully saturated rings. The predicted octanol–water partition coefficient (Wildman–Crippen LogP) is -3.10. The van der Waals surface area contributed by atoms with Crippen molar-refractivity contribution in [1.82, 2.24) is 14.9 Å². The van der Waals surface area contributed by atoms with Crippen LogP contribution in [0.1, 0.15) is 31.3 Å². The molecular weight excluding hydrogens is 295 g/mol. The van der Waals surface area contributed by atoms with Gasteiger partial charge in [-0.05, 0) is 20.8 Å². The molecule has 0 atom stereocenters. The van der Waals surface area contributed by atoms with Crippen molar-refractivity contribution in [1.29, 1.82) is 0 Å². The summed E-state index contributed by atoms with van der Waals surface area (Å²) >= 11 is 0. The molecule has 23 heavy (non-hydrogen) atoms. The predicted molar refractivity (Wildman–Crippen MR) is 76.4 cm³/mol. The second-order valence-corrected chi connectivity index (χ2v) is 6.00. The molecule has 0 bridgehead atoms. The topological polar surface area (TPSA) is 98.7 Å². The van der Waals surface area contributed by atoms with E-state index < -0.39 is 11.6 Å². The van der Waals surface area contributed by atoms with Gasteiger partial charge in [-0.15, -0.1) is 0 Å². The Morgan fingerprint density at radius 2 is 1.74 bits per heavy atom. The van der Waals surface area contributed by atoms with Crippen molar-refractivity contribution in [2.75, 3.05) is 31.1 Å². The molecule has 2 rings (SSSR count). The molecule has 1 aromatic rings. The average molecular weight is 314 g/mol. The molecule has 8 nitrogen and oxygen atoms in total. The fourth-order valence-electron chi connectivity index (χ4n) is 2.03. The van der Waals surface area contributed by atoms with Gasteiger partial charge in [0.1, 0.15) is 17.1 Å². The minimum absolute atomic E-state index is 0. The molecular formula is C14H19LiN4O4. The SMILES string of the molecule is CC(C)(C)OC(=O)N1CCN(c2cnc(C(=O)[O-])cn2)CC1.[Li+]. The number of aromatic nitrogens is 2. The van der Waals surface area contributed by atoms with Gasteiger partial charge in [-0.25, -0.2) is 14.8 Å². The van der Waals surface area contributed by atoms with E-state index in [9.17, 15) is 14.7 Å². The first kappa shape index (κ1) is 19.3. The van der Waals surface area contributed by atoms with E-state index in [0.29, 0.717) is 32.0 Å². The van der Waals surface area contributed by atoms with E-state index in [1.807, 2.05) is 25.7 Å². The second-order valence-electron chi connectivity index (χ2n) is 6.00. The van der Waals surface area contributed by atoms with E-state index >= 15 is 0 Å². The number of piperazine rings is 1. The zero-order chi connectivity index (χ0) is 16.3. The summed E-state index contributed by atoms with van der Waals surface area (Å²) in [6.07, 6.45) is 2.24. The number of amides is 1. The van der Waals surface area contributed by atoms with Gasteiger partial charge in [0.25, 0.3) is 0 Å². The van der Waals surface area contributed by atoms with E-state index in [1.165, 1.54) is 12.4 Å². The number of hydrogen-bond acceptors (Lipinski definition) is 7. The van der Waals surface area contributed by atoms with Crippen LogP contribution in [0.5, 0.6) is 0 Å². The van der Waals surface area contributed by atoms with Crippen LogP contribution in [0.3, 0.4) is 0 Å². The average Bonchev–Trinajstić information content (AvgIpc) is 2.46. The van der Waals surface area contributed by atoms with Crippen molar-refractivity contribution in [3.05, 3.63) is 18.1 Å². The molecule has 0 spiro atoms. The number of rotatable bonds is 2. The summed E-state index contributed by atoms with van der Waals surface area (Å²) in [6, 6.07) is 0. The van der Waals surface area contributed by atoms with Crippen LogP contribution in [0.25, 0.3) is 0 Å². The standard InChI is InChI=1S/C14H20N4O4.Li/c1-14(2,3)22-13(21)18-6-4-17(5-7-18)11-9-15-10(8-16-11)12(19)20;/h8-9H,4-7H2,1-3H3,(H,19,20);/q;+1/p-1. The number of ether oxygens (including phenoxy) is 1. The number of nitrogens with zero attached hydrogens (tertiary/aromatic N) is 4. The van der Waals surface area contributed by atoms with Gasteiger partial charge < -0.3 is 24.4 Å². The summed E-state index contributed by atoms with van der Waals surface area (Å²) in [4.78, 5) is 34.0. The maximum absolute atomic E-state index is 12.0. The van der Waals surface area contributed by atoms with Crippen LogP contribution in [-0.2, 0) is 4.74 Å². The Labute approximate surface area is 147 Å². The molecule has 1 aromatic heterocycles. The maximum atomic E-state index is 12.0. The van der Waals surface area contributed by atoms with E-state index in [2.05, 4.69) is 9.97 Å². The third kappa shape index (κ3) is 5.41. The van der Waals surface area contributed by atoms with E-state index in [-0.39, 0.29) is 30.6 Å². The molecule has 0 N–H and O–H groups in total. The van der Waals surface area contributed by atoms with Crippen molar-refractivity contribution in [3.63, 3.8) is 0 Å². The van der Waals surface area contributed by atoms with Gasteiger partial charge in [-0.2, -0.15) is 0 Å². The summed E-state index contributed by atoms with van der Waals surface area (Å²) in [5.41, 5.74) is -0.712. The molecule has 9 heteroatoms. The first-order chi connectivity index (χ1) is 10.3. The molecule has 1 aliphatic heterocycles. The number of carbonyl (C=O) groups is 2. The Morgan fingerprint density at radius 1 is 1.13 bits per heavy atom. The normalized spacial score (nSPS) is 14.9. The minimum Gasteiger partial charge on any atom is -0.543 e. The monoisotopic (exact) mass is 314 g/mol. The Bertz CT molecular complexity index is 551. The van der Waals surface area contributed by atoms with Crippen LogP contribution in [0.15, 0.2) is 12.4 Å². The molecule has 0 saturated carbocycles. The number of aromatic carboxylic acids is 1. The molecule has 0 aliphatic carbocycles. The van der Waals surface area contributed by atoms with Crippen LogP contribution < -0.4 is 28.9 Å².